The van der Waals surface area contributed by atoms with Gasteiger partial charge in [-0.3, -0.25) is 0 Å². The summed E-state index contributed by atoms with van der Waals surface area (Å²) in [6.45, 7) is 0. The van der Waals surface area contributed by atoms with Crippen LogP contribution in [-0.4, -0.2) is 18.8 Å². The Kier molecular flexibility index (Phi) is 6.98. The molecule has 2 rings (SSSR count). The van der Waals surface area contributed by atoms with Gasteiger partial charge in [-0.25, -0.2) is 0 Å². The van der Waals surface area contributed by atoms with E-state index in [-0.39, 0.29) is 0 Å². The molecule has 1 aliphatic carbocycles. The summed E-state index contributed by atoms with van der Waals surface area (Å²) in [5.41, 5.74) is 1.59. The predicted octanol–water partition coefficient (Wildman–Crippen LogP) is 5.30. The van der Waals surface area contributed by atoms with Crippen molar-refractivity contribution in [1.29, 1.82) is 0 Å². The van der Waals surface area contributed by atoms with E-state index in [0.29, 0.717) is 6.04 Å². The topological polar surface area (TPSA) is 12.0 Å². The molecule has 0 heterocycles. The number of likely N-dealkylation sites (N-methyl/N-ethyl adjacent to an activating group) is 1. The van der Waals surface area contributed by atoms with Gasteiger partial charge in [0.05, 0.1) is 5.02 Å². The lowest BCUT2D eigenvalue weighted by atomic mass is 9.96. The molecule has 0 spiro atoms. The van der Waals surface area contributed by atoms with E-state index in [9.17, 15) is 0 Å². The highest BCUT2D eigenvalue weighted by atomic mass is 35.5. The van der Waals surface area contributed by atoms with Crippen molar-refractivity contribution in [1.82, 2.24) is 5.32 Å². The summed E-state index contributed by atoms with van der Waals surface area (Å²) in [5, 5.41) is 4.34. The van der Waals surface area contributed by atoms with E-state index in [4.69, 9.17) is 11.6 Å². The van der Waals surface area contributed by atoms with Crippen molar-refractivity contribution in [3.05, 3.63) is 40.9 Å². The van der Waals surface area contributed by atoms with E-state index in [2.05, 4.69) is 30.6 Å². The van der Waals surface area contributed by atoms with Gasteiger partial charge in [0.25, 0.3) is 0 Å². The highest BCUT2D eigenvalue weighted by Crippen LogP contribution is 2.29. The molecule has 0 radical (unpaired) electrons. The molecule has 1 aliphatic rings. The van der Waals surface area contributed by atoms with E-state index in [0.717, 1.165) is 10.8 Å². The first-order valence-corrected chi connectivity index (χ1v) is 8.91. The fourth-order valence-corrected chi connectivity index (χ4v) is 4.05. The molecule has 0 amide bonds. The molecule has 0 bridgehead atoms. The molecule has 1 atom stereocenters. The van der Waals surface area contributed by atoms with Crippen molar-refractivity contribution in [2.75, 3.05) is 12.8 Å². The summed E-state index contributed by atoms with van der Waals surface area (Å²) in [5.74, 6) is 1.05. The molecule has 1 nitrogen and oxygen atoms in total. The van der Waals surface area contributed by atoms with Crippen LogP contribution in [-0.2, 0) is 0 Å². The normalized spacial score (nSPS) is 20.6. The van der Waals surface area contributed by atoms with Crippen molar-refractivity contribution < 1.29 is 0 Å². The minimum atomic E-state index is 0.467. The van der Waals surface area contributed by atoms with Gasteiger partial charge in [-0.15, -0.1) is 11.8 Å². The Morgan fingerprint density at radius 3 is 2.80 bits per heavy atom. The zero-order chi connectivity index (χ0) is 14.2. The molecular weight excluding hydrogens is 286 g/mol. The fraction of sp³-hybridized carbons (Fsp3) is 0.529. The number of nitrogens with one attached hydrogen (secondary N) is 1. The van der Waals surface area contributed by atoms with E-state index >= 15 is 0 Å². The van der Waals surface area contributed by atoms with Crippen molar-refractivity contribution in [3.63, 3.8) is 0 Å². The summed E-state index contributed by atoms with van der Waals surface area (Å²) in [6.07, 6.45) is 10.4. The number of hydrogen-bond donors (Lipinski definition) is 1. The van der Waals surface area contributed by atoms with Gasteiger partial charge in [0.15, 0.2) is 0 Å². The lowest BCUT2D eigenvalue weighted by molar-refractivity contribution is 0.583. The van der Waals surface area contributed by atoms with Gasteiger partial charge in [0.1, 0.15) is 0 Å². The van der Waals surface area contributed by atoms with Crippen LogP contribution in [0.2, 0.25) is 5.02 Å². The average Bonchev–Trinajstić information content (AvgIpc) is 2.42. The van der Waals surface area contributed by atoms with Crippen molar-refractivity contribution in [2.45, 2.75) is 49.5 Å². The molecule has 1 unspecified atom stereocenters. The third-order valence-electron chi connectivity index (χ3n) is 3.86. The summed E-state index contributed by atoms with van der Waals surface area (Å²) in [7, 11) is 2.07. The molecule has 1 aromatic carbocycles. The second kappa shape index (κ2) is 8.76. The molecular formula is C17H24ClNS. The number of allylic oxidation sites excluding steroid dienone is 1. The van der Waals surface area contributed by atoms with Crippen LogP contribution in [0.15, 0.2) is 40.8 Å². The maximum absolute atomic E-state index is 6.23. The quantitative estimate of drug-likeness (QED) is 0.585. The van der Waals surface area contributed by atoms with E-state index in [1.54, 1.807) is 5.57 Å². The largest absolute Gasteiger partial charge is 0.313 e. The van der Waals surface area contributed by atoms with E-state index < -0.39 is 0 Å². The zero-order valence-electron chi connectivity index (χ0n) is 12.2. The molecule has 1 aromatic rings. The van der Waals surface area contributed by atoms with Gasteiger partial charge in [-0.1, -0.05) is 48.2 Å². The first-order chi connectivity index (χ1) is 9.81. The third kappa shape index (κ3) is 4.83. The standard InChI is InChI=1S/C17H24ClNS/c1-19-16(14-9-5-3-2-4-6-10-14)13-20-17-12-8-7-11-15(17)18/h7-9,11-12,16,19H,2-6,10,13H2,1H3/b14-9+. The molecule has 20 heavy (non-hydrogen) atoms. The van der Waals surface area contributed by atoms with Gasteiger partial charge in [-0.2, -0.15) is 0 Å². The van der Waals surface area contributed by atoms with Gasteiger partial charge in [0.2, 0.25) is 0 Å². The summed E-state index contributed by atoms with van der Waals surface area (Å²) < 4.78 is 0. The Morgan fingerprint density at radius 1 is 1.20 bits per heavy atom. The lowest BCUT2D eigenvalue weighted by Crippen LogP contribution is -2.30. The van der Waals surface area contributed by atoms with Crippen LogP contribution < -0.4 is 5.32 Å². The Balaban J connectivity index is 1.96. The van der Waals surface area contributed by atoms with E-state index in [1.807, 2.05) is 23.9 Å². The third-order valence-corrected chi connectivity index (χ3v) is 5.47. The molecule has 0 saturated heterocycles. The predicted molar refractivity (Wildman–Crippen MR) is 90.8 cm³/mol. The van der Waals surface area contributed by atoms with Crippen LogP contribution in [0.4, 0.5) is 0 Å². The van der Waals surface area contributed by atoms with Gasteiger partial charge < -0.3 is 5.32 Å². The van der Waals surface area contributed by atoms with Crippen LogP contribution in [0.5, 0.6) is 0 Å². The van der Waals surface area contributed by atoms with Crippen molar-refractivity contribution >= 4 is 23.4 Å². The van der Waals surface area contributed by atoms with Gasteiger partial charge in [0, 0.05) is 16.7 Å². The minimum absolute atomic E-state index is 0.467. The van der Waals surface area contributed by atoms with Crippen LogP contribution in [0, 0.1) is 0 Å². The number of halogens is 1. The fourth-order valence-electron chi connectivity index (χ4n) is 2.64. The summed E-state index contributed by atoms with van der Waals surface area (Å²) in [4.78, 5) is 1.18. The SMILES string of the molecule is CNC(CSc1ccccc1Cl)/C1=C/CCCCCC1. The van der Waals surface area contributed by atoms with Gasteiger partial charge in [-0.05, 0) is 44.9 Å². The van der Waals surface area contributed by atoms with Gasteiger partial charge >= 0.3 is 0 Å². The summed E-state index contributed by atoms with van der Waals surface area (Å²) in [6, 6.07) is 8.57. The number of hydrogen-bond acceptors (Lipinski definition) is 2. The molecule has 3 heteroatoms. The zero-order valence-corrected chi connectivity index (χ0v) is 13.8. The second-order valence-electron chi connectivity index (χ2n) is 5.31. The Labute approximate surface area is 132 Å². The highest BCUT2D eigenvalue weighted by molar-refractivity contribution is 7.99. The number of benzene rings is 1. The molecule has 1 N–H and O–H groups in total. The van der Waals surface area contributed by atoms with Crippen LogP contribution in [0.3, 0.4) is 0 Å². The smallest absolute Gasteiger partial charge is 0.0541 e. The molecule has 0 aromatic heterocycles. The monoisotopic (exact) mass is 309 g/mol. The highest BCUT2D eigenvalue weighted by Gasteiger charge is 2.14. The Morgan fingerprint density at radius 2 is 2.00 bits per heavy atom. The second-order valence-corrected chi connectivity index (χ2v) is 6.78. The number of rotatable bonds is 5. The minimum Gasteiger partial charge on any atom is -0.313 e. The lowest BCUT2D eigenvalue weighted by Gasteiger charge is -2.21. The van der Waals surface area contributed by atoms with Crippen LogP contribution in [0.25, 0.3) is 0 Å². The maximum Gasteiger partial charge on any atom is 0.0541 e. The van der Waals surface area contributed by atoms with Crippen molar-refractivity contribution in [2.24, 2.45) is 0 Å². The maximum atomic E-state index is 6.23. The molecule has 0 aliphatic heterocycles. The molecule has 110 valence electrons. The average molecular weight is 310 g/mol. The van der Waals surface area contributed by atoms with Crippen LogP contribution >= 0.6 is 23.4 Å². The number of thioether (sulfide) groups is 1. The van der Waals surface area contributed by atoms with Crippen molar-refractivity contribution in [3.8, 4) is 0 Å². The molecule has 0 saturated carbocycles. The Hall–Kier alpha value is -0.440. The summed E-state index contributed by atoms with van der Waals surface area (Å²) >= 11 is 8.08. The Bertz CT molecular complexity index is 444. The first-order valence-electron chi connectivity index (χ1n) is 7.55. The van der Waals surface area contributed by atoms with E-state index in [1.165, 1.54) is 43.4 Å². The molecule has 0 fully saturated rings. The van der Waals surface area contributed by atoms with Crippen LogP contribution in [0.1, 0.15) is 38.5 Å². The first kappa shape index (κ1) is 15.9.